The summed E-state index contributed by atoms with van der Waals surface area (Å²) < 4.78 is 10.7. The highest BCUT2D eigenvalue weighted by Crippen LogP contribution is 2.38. The Labute approximate surface area is 106 Å². The predicted octanol–water partition coefficient (Wildman–Crippen LogP) is 1.85. The van der Waals surface area contributed by atoms with Gasteiger partial charge in [-0.05, 0) is 5.39 Å². The van der Waals surface area contributed by atoms with E-state index >= 15 is 0 Å². The normalized spacial score (nSPS) is 12.4. The molecule has 3 N–H and O–H groups in total. The van der Waals surface area contributed by atoms with Crippen molar-refractivity contribution in [2.24, 2.45) is 5.73 Å². The average molecular weight is 247 g/mol. The summed E-state index contributed by atoms with van der Waals surface area (Å²) in [7, 11) is 3.20. The van der Waals surface area contributed by atoms with E-state index in [0.717, 1.165) is 22.1 Å². The van der Waals surface area contributed by atoms with Gasteiger partial charge < -0.3 is 20.3 Å². The van der Waals surface area contributed by atoms with Crippen LogP contribution in [0.15, 0.2) is 30.3 Å². The monoisotopic (exact) mass is 247 g/mol. The minimum absolute atomic E-state index is 0.132. The lowest BCUT2D eigenvalue weighted by Crippen LogP contribution is -2.16. The predicted molar refractivity (Wildman–Crippen MR) is 71.1 cm³/mol. The lowest BCUT2D eigenvalue weighted by atomic mass is 9.97. The van der Waals surface area contributed by atoms with Crippen LogP contribution < -0.4 is 15.2 Å². The van der Waals surface area contributed by atoms with Crippen LogP contribution >= 0.6 is 0 Å². The first kappa shape index (κ1) is 12.7. The molecule has 0 aromatic heterocycles. The molecule has 0 radical (unpaired) electrons. The van der Waals surface area contributed by atoms with Gasteiger partial charge in [0.05, 0.1) is 26.9 Å². The number of ether oxygens (including phenoxy) is 2. The second-order valence-electron chi connectivity index (χ2n) is 4.03. The van der Waals surface area contributed by atoms with Crippen molar-refractivity contribution in [2.75, 3.05) is 20.8 Å². The minimum Gasteiger partial charge on any atom is -0.496 e. The van der Waals surface area contributed by atoms with Gasteiger partial charge in [0.15, 0.2) is 0 Å². The highest BCUT2D eigenvalue weighted by molar-refractivity contribution is 5.93. The topological polar surface area (TPSA) is 64.7 Å². The second kappa shape index (κ2) is 5.25. The SMILES string of the molecule is COc1cc(OC)c2ccccc2c1C(N)CO. The third kappa shape index (κ3) is 2.00. The maximum atomic E-state index is 9.28. The first-order valence-electron chi connectivity index (χ1n) is 5.73. The zero-order valence-electron chi connectivity index (χ0n) is 10.5. The van der Waals surface area contributed by atoms with Crippen LogP contribution in [0.4, 0.5) is 0 Å². The number of benzene rings is 2. The molecule has 0 aliphatic heterocycles. The van der Waals surface area contributed by atoms with Crippen molar-refractivity contribution in [3.8, 4) is 11.5 Å². The minimum atomic E-state index is -0.476. The lowest BCUT2D eigenvalue weighted by Gasteiger charge is -2.18. The Morgan fingerprint density at radius 1 is 1.11 bits per heavy atom. The van der Waals surface area contributed by atoms with Gasteiger partial charge in [-0.3, -0.25) is 0 Å². The van der Waals surface area contributed by atoms with Crippen LogP contribution in [-0.2, 0) is 0 Å². The molecule has 2 aromatic rings. The number of rotatable bonds is 4. The first-order chi connectivity index (χ1) is 8.72. The Hall–Kier alpha value is -1.78. The van der Waals surface area contributed by atoms with Crippen LogP contribution in [0.25, 0.3) is 10.8 Å². The van der Waals surface area contributed by atoms with Crippen LogP contribution in [0.1, 0.15) is 11.6 Å². The number of methoxy groups -OCH3 is 2. The summed E-state index contributed by atoms with van der Waals surface area (Å²) in [6, 6.07) is 9.09. The van der Waals surface area contributed by atoms with E-state index in [0.29, 0.717) is 5.75 Å². The third-order valence-corrected chi connectivity index (χ3v) is 3.02. The summed E-state index contributed by atoms with van der Waals surface area (Å²) >= 11 is 0. The quantitative estimate of drug-likeness (QED) is 0.865. The molecular formula is C14H17NO3. The molecule has 4 nitrogen and oxygen atoms in total. The summed E-state index contributed by atoms with van der Waals surface area (Å²) in [6.45, 7) is -0.132. The maximum absolute atomic E-state index is 9.28. The Kier molecular flexibility index (Phi) is 3.69. The summed E-state index contributed by atoms with van der Waals surface area (Å²) in [5, 5.41) is 11.2. The van der Waals surface area contributed by atoms with Gasteiger partial charge >= 0.3 is 0 Å². The molecule has 0 aliphatic carbocycles. The van der Waals surface area contributed by atoms with Crippen LogP contribution in [0, 0.1) is 0 Å². The molecule has 0 heterocycles. The lowest BCUT2D eigenvalue weighted by molar-refractivity contribution is 0.265. The van der Waals surface area contributed by atoms with E-state index in [9.17, 15) is 5.11 Å². The molecule has 4 heteroatoms. The number of nitrogens with two attached hydrogens (primary N) is 1. The van der Waals surface area contributed by atoms with Crippen molar-refractivity contribution < 1.29 is 14.6 Å². The highest BCUT2D eigenvalue weighted by atomic mass is 16.5. The van der Waals surface area contributed by atoms with E-state index < -0.39 is 6.04 Å². The van der Waals surface area contributed by atoms with Gasteiger partial charge in [-0.15, -0.1) is 0 Å². The molecule has 2 rings (SSSR count). The van der Waals surface area contributed by atoms with E-state index in [1.807, 2.05) is 24.3 Å². The van der Waals surface area contributed by atoms with Crippen LogP contribution in [-0.4, -0.2) is 25.9 Å². The van der Waals surface area contributed by atoms with E-state index in [4.69, 9.17) is 15.2 Å². The molecule has 0 spiro atoms. The Morgan fingerprint density at radius 2 is 1.72 bits per heavy atom. The number of hydrogen-bond donors (Lipinski definition) is 2. The molecule has 0 fully saturated rings. The standard InChI is InChI=1S/C14H17NO3/c1-17-12-7-13(18-2)14(11(15)8-16)10-6-4-3-5-9(10)12/h3-7,11,16H,8,15H2,1-2H3. The van der Waals surface area contributed by atoms with Gasteiger partial charge in [0.1, 0.15) is 11.5 Å². The fourth-order valence-corrected chi connectivity index (χ4v) is 2.15. The van der Waals surface area contributed by atoms with Crippen LogP contribution in [0.5, 0.6) is 11.5 Å². The fourth-order valence-electron chi connectivity index (χ4n) is 2.15. The molecule has 1 atom stereocenters. The second-order valence-corrected chi connectivity index (χ2v) is 4.03. The van der Waals surface area contributed by atoms with Crippen molar-refractivity contribution in [1.82, 2.24) is 0 Å². The van der Waals surface area contributed by atoms with Crippen LogP contribution in [0.2, 0.25) is 0 Å². The molecule has 0 bridgehead atoms. The van der Waals surface area contributed by atoms with Gasteiger partial charge in [0, 0.05) is 17.0 Å². The zero-order valence-corrected chi connectivity index (χ0v) is 10.5. The molecule has 0 amide bonds. The molecule has 0 saturated heterocycles. The van der Waals surface area contributed by atoms with Gasteiger partial charge in [0.2, 0.25) is 0 Å². The van der Waals surface area contributed by atoms with Crippen molar-refractivity contribution >= 4 is 10.8 Å². The maximum Gasteiger partial charge on any atom is 0.130 e. The van der Waals surface area contributed by atoms with Gasteiger partial charge in [0.25, 0.3) is 0 Å². The van der Waals surface area contributed by atoms with Crippen molar-refractivity contribution in [3.63, 3.8) is 0 Å². The van der Waals surface area contributed by atoms with E-state index in [-0.39, 0.29) is 6.61 Å². The number of hydrogen-bond acceptors (Lipinski definition) is 4. The van der Waals surface area contributed by atoms with E-state index in [2.05, 4.69) is 0 Å². The number of aliphatic hydroxyl groups is 1. The van der Waals surface area contributed by atoms with Crippen molar-refractivity contribution in [3.05, 3.63) is 35.9 Å². The molecule has 96 valence electrons. The largest absolute Gasteiger partial charge is 0.496 e. The van der Waals surface area contributed by atoms with Gasteiger partial charge in [-0.2, -0.15) is 0 Å². The van der Waals surface area contributed by atoms with Crippen molar-refractivity contribution in [2.45, 2.75) is 6.04 Å². The third-order valence-electron chi connectivity index (χ3n) is 3.02. The molecular weight excluding hydrogens is 230 g/mol. The van der Waals surface area contributed by atoms with E-state index in [1.165, 1.54) is 0 Å². The molecule has 1 unspecified atom stereocenters. The Balaban J connectivity index is 2.81. The summed E-state index contributed by atoms with van der Waals surface area (Å²) in [4.78, 5) is 0. The summed E-state index contributed by atoms with van der Waals surface area (Å²) in [6.07, 6.45) is 0. The summed E-state index contributed by atoms with van der Waals surface area (Å²) in [5.41, 5.74) is 6.76. The summed E-state index contributed by atoms with van der Waals surface area (Å²) in [5.74, 6) is 1.36. The zero-order chi connectivity index (χ0) is 13.1. The van der Waals surface area contributed by atoms with E-state index in [1.54, 1.807) is 20.3 Å². The molecule has 0 saturated carbocycles. The average Bonchev–Trinajstić information content (AvgIpc) is 2.44. The smallest absolute Gasteiger partial charge is 0.130 e. The van der Waals surface area contributed by atoms with Gasteiger partial charge in [-0.25, -0.2) is 0 Å². The molecule has 18 heavy (non-hydrogen) atoms. The number of aliphatic hydroxyl groups excluding tert-OH is 1. The van der Waals surface area contributed by atoms with Crippen molar-refractivity contribution in [1.29, 1.82) is 0 Å². The Bertz CT molecular complexity index is 554. The first-order valence-corrected chi connectivity index (χ1v) is 5.73. The Morgan fingerprint density at radius 3 is 2.28 bits per heavy atom. The molecule has 0 aliphatic rings. The fraction of sp³-hybridized carbons (Fsp3) is 0.286. The van der Waals surface area contributed by atoms with Crippen LogP contribution in [0.3, 0.4) is 0 Å². The number of fused-ring (bicyclic) bond motifs is 1. The molecule has 2 aromatic carbocycles. The van der Waals surface area contributed by atoms with Gasteiger partial charge in [-0.1, -0.05) is 24.3 Å². The highest BCUT2D eigenvalue weighted by Gasteiger charge is 2.17.